The third-order valence-corrected chi connectivity index (χ3v) is 2.35. The first-order valence-electron chi connectivity index (χ1n) is 5.48. The van der Waals surface area contributed by atoms with E-state index in [0.717, 1.165) is 5.69 Å². The van der Waals surface area contributed by atoms with Crippen molar-refractivity contribution < 1.29 is 9.90 Å². The maximum atomic E-state index is 11.7. The Labute approximate surface area is 102 Å². The van der Waals surface area contributed by atoms with Gasteiger partial charge in [-0.15, -0.1) is 0 Å². The number of hydrogen-bond donors (Lipinski definition) is 1. The van der Waals surface area contributed by atoms with Crippen molar-refractivity contribution in [2.75, 3.05) is 32.6 Å². The lowest BCUT2D eigenvalue weighted by atomic mass is 10.2. The number of carbonyl (C=O) groups excluding carboxylic acids is 1. The van der Waals surface area contributed by atoms with Crippen molar-refractivity contribution in [3.05, 3.63) is 24.0 Å². The average molecular weight is 237 g/mol. The topological polar surface area (TPSA) is 56.7 Å². The largest absolute Gasteiger partial charge is 0.392 e. The Bertz CT molecular complexity index is 391. The highest BCUT2D eigenvalue weighted by atomic mass is 16.3. The number of aromatic nitrogens is 1. The molecule has 1 amide bonds. The van der Waals surface area contributed by atoms with Gasteiger partial charge in [0.2, 0.25) is 0 Å². The van der Waals surface area contributed by atoms with Crippen LogP contribution in [0.5, 0.6) is 0 Å². The van der Waals surface area contributed by atoms with Crippen LogP contribution in [-0.2, 0) is 0 Å². The lowest BCUT2D eigenvalue weighted by molar-refractivity contribution is 0.0822. The van der Waals surface area contributed by atoms with E-state index in [1.807, 2.05) is 18.0 Å². The van der Waals surface area contributed by atoms with Crippen LogP contribution in [-0.4, -0.2) is 54.7 Å². The SMILES string of the molecule is CC(O)CN(C)c1ccnc(C(=O)N(C)C)c1. The van der Waals surface area contributed by atoms with E-state index >= 15 is 0 Å². The van der Waals surface area contributed by atoms with Gasteiger partial charge < -0.3 is 14.9 Å². The first kappa shape index (κ1) is 13.4. The second kappa shape index (κ2) is 5.63. The zero-order chi connectivity index (χ0) is 13.0. The predicted octanol–water partition coefficient (Wildman–Crippen LogP) is 0.600. The van der Waals surface area contributed by atoms with E-state index in [1.165, 1.54) is 4.90 Å². The van der Waals surface area contributed by atoms with Gasteiger partial charge in [-0.3, -0.25) is 9.78 Å². The zero-order valence-corrected chi connectivity index (χ0v) is 10.7. The fraction of sp³-hybridized carbons (Fsp3) is 0.500. The first-order chi connectivity index (χ1) is 7.91. The normalized spacial score (nSPS) is 12.1. The molecule has 1 aromatic rings. The highest BCUT2D eigenvalue weighted by Gasteiger charge is 2.12. The molecule has 1 unspecified atom stereocenters. The maximum absolute atomic E-state index is 11.7. The summed E-state index contributed by atoms with van der Waals surface area (Å²) < 4.78 is 0. The first-order valence-corrected chi connectivity index (χ1v) is 5.48. The Hall–Kier alpha value is -1.62. The quantitative estimate of drug-likeness (QED) is 0.833. The molecule has 0 bridgehead atoms. The molecule has 5 nitrogen and oxygen atoms in total. The molecular weight excluding hydrogens is 218 g/mol. The Morgan fingerprint density at radius 3 is 2.65 bits per heavy atom. The van der Waals surface area contributed by atoms with Crippen molar-refractivity contribution >= 4 is 11.6 Å². The molecule has 1 N–H and O–H groups in total. The number of aliphatic hydroxyl groups is 1. The van der Waals surface area contributed by atoms with E-state index < -0.39 is 6.10 Å². The Morgan fingerprint density at radius 2 is 2.12 bits per heavy atom. The smallest absolute Gasteiger partial charge is 0.272 e. The van der Waals surface area contributed by atoms with Gasteiger partial charge >= 0.3 is 0 Å². The molecule has 0 saturated carbocycles. The van der Waals surface area contributed by atoms with E-state index in [2.05, 4.69) is 4.98 Å². The lowest BCUT2D eigenvalue weighted by Gasteiger charge is -2.21. The van der Waals surface area contributed by atoms with Crippen LogP contribution in [0, 0.1) is 0 Å². The average Bonchev–Trinajstić information content (AvgIpc) is 2.27. The molecule has 1 atom stereocenters. The Morgan fingerprint density at radius 1 is 1.47 bits per heavy atom. The molecule has 0 fully saturated rings. The summed E-state index contributed by atoms with van der Waals surface area (Å²) in [5, 5.41) is 9.32. The van der Waals surface area contributed by atoms with Gasteiger partial charge in [-0.05, 0) is 19.1 Å². The van der Waals surface area contributed by atoms with Crippen LogP contribution < -0.4 is 4.90 Å². The summed E-state index contributed by atoms with van der Waals surface area (Å²) in [5.74, 6) is -0.128. The van der Waals surface area contributed by atoms with Crippen molar-refractivity contribution in [2.24, 2.45) is 0 Å². The van der Waals surface area contributed by atoms with Crippen molar-refractivity contribution in [3.63, 3.8) is 0 Å². The number of pyridine rings is 1. The van der Waals surface area contributed by atoms with Crippen LogP contribution in [0.3, 0.4) is 0 Å². The molecule has 0 saturated heterocycles. The molecule has 0 spiro atoms. The zero-order valence-electron chi connectivity index (χ0n) is 10.7. The molecular formula is C12H19N3O2. The molecule has 0 aliphatic rings. The fourth-order valence-electron chi connectivity index (χ4n) is 1.50. The number of anilines is 1. The summed E-state index contributed by atoms with van der Waals surface area (Å²) in [6, 6.07) is 3.54. The summed E-state index contributed by atoms with van der Waals surface area (Å²) in [5.41, 5.74) is 1.27. The number of hydrogen-bond acceptors (Lipinski definition) is 4. The minimum atomic E-state index is -0.416. The number of amides is 1. The molecule has 0 aromatic carbocycles. The summed E-state index contributed by atoms with van der Waals surface area (Å²) in [6.45, 7) is 2.24. The fourth-order valence-corrected chi connectivity index (χ4v) is 1.50. The van der Waals surface area contributed by atoms with Crippen LogP contribution >= 0.6 is 0 Å². The van der Waals surface area contributed by atoms with E-state index in [4.69, 9.17) is 0 Å². The van der Waals surface area contributed by atoms with Crippen molar-refractivity contribution in [2.45, 2.75) is 13.0 Å². The summed E-state index contributed by atoms with van der Waals surface area (Å²) in [7, 11) is 5.25. The van der Waals surface area contributed by atoms with Crippen LogP contribution in [0.4, 0.5) is 5.69 Å². The molecule has 94 valence electrons. The minimum Gasteiger partial charge on any atom is -0.392 e. The van der Waals surface area contributed by atoms with Gasteiger partial charge in [0.25, 0.3) is 5.91 Å². The molecule has 0 aliphatic heterocycles. The second-order valence-corrected chi connectivity index (χ2v) is 4.33. The van der Waals surface area contributed by atoms with Crippen LogP contribution in [0.1, 0.15) is 17.4 Å². The minimum absolute atomic E-state index is 0.128. The molecule has 0 aliphatic carbocycles. The van der Waals surface area contributed by atoms with E-state index in [9.17, 15) is 9.90 Å². The van der Waals surface area contributed by atoms with Crippen molar-refractivity contribution in [3.8, 4) is 0 Å². The van der Waals surface area contributed by atoms with Gasteiger partial charge in [-0.2, -0.15) is 0 Å². The number of nitrogens with zero attached hydrogens (tertiary/aromatic N) is 3. The molecule has 1 aromatic heterocycles. The highest BCUT2D eigenvalue weighted by Crippen LogP contribution is 2.14. The maximum Gasteiger partial charge on any atom is 0.272 e. The van der Waals surface area contributed by atoms with Gasteiger partial charge in [0, 0.05) is 39.6 Å². The highest BCUT2D eigenvalue weighted by molar-refractivity contribution is 5.92. The van der Waals surface area contributed by atoms with Crippen LogP contribution in [0.25, 0.3) is 0 Å². The summed E-state index contributed by atoms with van der Waals surface area (Å²) in [6.07, 6.45) is 1.19. The van der Waals surface area contributed by atoms with Gasteiger partial charge in [-0.1, -0.05) is 0 Å². The summed E-state index contributed by atoms with van der Waals surface area (Å²) in [4.78, 5) is 19.2. The van der Waals surface area contributed by atoms with Gasteiger partial charge in [0.05, 0.1) is 6.10 Å². The molecule has 1 heterocycles. The third kappa shape index (κ3) is 3.71. The molecule has 1 rings (SSSR count). The Balaban J connectivity index is 2.89. The standard InChI is InChI=1S/C12H19N3O2/c1-9(16)8-15(4)10-5-6-13-11(7-10)12(17)14(2)3/h5-7,9,16H,8H2,1-4H3. The summed E-state index contributed by atoms with van der Waals surface area (Å²) >= 11 is 0. The Kier molecular flexibility index (Phi) is 4.45. The lowest BCUT2D eigenvalue weighted by Crippen LogP contribution is -2.28. The van der Waals surface area contributed by atoms with E-state index in [0.29, 0.717) is 12.2 Å². The van der Waals surface area contributed by atoms with E-state index in [1.54, 1.807) is 33.3 Å². The predicted molar refractivity (Wildman–Crippen MR) is 67.2 cm³/mol. The number of carbonyl (C=O) groups is 1. The monoisotopic (exact) mass is 237 g/mol. The number of rotatable bonds is 4. The number of likely N-dealkylation sites (N-methyl/N-ethyl adjacent to an activating group) is 1. The van der Waals surface area contributed by atoms with Crippen molar-refractivity contribution in [1.29, 1.82) is 0 Å². The molecule has 5 heteroatoms. The second-order valence-electron chi connectivity index (χ2n) is 4.33. The van der Waals surface area contributed by atoms with Crippen LogP contribution in [0.2, 0.25) is 0 Å². The van der Waals surface area contributed by atoms with Gasteiger partial charge in [-0.25, -0.2) is 0 Å². The van der Waals surface area contributed by atoms with Gasteiger partial charge in [0.1, 0.15) is 5.69 Å². The third-order valence-electron chi connectivity index (χ3n) is 2.35. The van der Waals surface area contributed by atoms with E-state index in [-0.39, 0.29) is 5.91 Å². The van der Waals surface area contributed by atoms with Crippen molar-refractivity contribution in [1.82, 2.24) is 9.88 Å². The number of aliphatic hydroxyl groups excluding tert-OH is 1. The van der Waals surface area contributed by atoms with Crippen LogP contribution in [0.15, 0.2) is 18.3 Å². The molecule has 0 radical (unpaired) electrons. The van der Waals surface area contributed by atoms with Gasteiger partial charge in [0.15, 0.2) is 0 Å². The molecule has 17 heavy (non-hydrogen) atoms.